The molecule has 0 aromatic carbocycles. The van der Waals surface area contributed by atoms with Crippen LogP contribution in [-0.2, 0) is 9.22 Å². The number of ketones is 1. The first kappa shape index (κ1) is 15.9. The molecule has 106 valence electrons. The van der Waals surface area contributed by atoms with E-state index >= 15 is 0 Å². The van der Waals surface area contributed by atoms with Gasteiger partial charge in [-0.2, -0.15) is 0 Å². The van der Waals surface area contributed by atoms with Crippen LogP contribution < -0.4 is 0 Å². The fourth-order valence-corrected chi connectivity index (χ4v) is 3.94. The molecule has 0 heterocycles. The molecular weight excluding hydrogens is 240 g/mol. The first-order valence-electron chi connectivity index (χ1n) is 7.21. The molecule has 3 heteroatoms. The summed E-state index contributed by atoms with van der Waals surface area (Å²) in [6.07, 6.45) is 3.40. The Balaban J connectivity index is 2.70. The van der Waals surface area contributed by atoms with Crippen molar-refractivity contribution >= 4 is 14.1 Å². The zero-order valence-electron chi connectivity index (χ0n) is 13.2. The van der Waals surface area contributed by atoms with Gasteiger partial charge in [-0.05, 0) is 50.2 Å². The van der Waals surface area contributed by atoms with E-state index in [4.69, 9.17) is 4.43 Å². The first-order valence-corrected chi connectivity index (χ1v) is 10.1. The van der Waals surface area contributed by atoms with Crippen LogP contribution in [0.3, 0.4) is 0 Å². The fourth-order valence-electron chi connectivity index (χ4n) is 2.56. The molecule has 1 fully saturated rings. The molecular formula is C15H30O2Si. The molecule has 1 saturated carbocycles. The third kappa shape index (κ3) is 3.92. The van der Waals surface area contributed by atoms with E-state index in [0.717, 1.165) is 19.3 Å². The first-order chi connectivity index (χ1) is 8.03. The van der Waals surface area contributed by atoms with Crippen molar-refractivity contribution in [1.82, 2.24) is 0 Å². The standard InChI is InChI=1S/C15H30O2Si/c1-11-8-13(12(2)16)10-14(9-11)17-18(6,7)15(3,4)5/h11,13-14H,8-10H2,1-7H3. The second kappa shape index (κ2) is 5.46. The minimum atomic E-state index is -1.70. The molecule has 0 aromatic rings. The lowest BCUT2D eigenvalue weighted by Crippen LogP contribution is -2.46. The summed E-state index contributed by atoms with van der Waals surface area (Å²) in [6, 6.07) is 0. The lowest BCUT2D eigenvalue weighted by molar-refractivity contribution is -0.123. The summed E-state index contributed by atoms with van der Waals surface area (Å²) in [4.78, 5) is 11.6. The topological polar surface area (TPSA) is 26.3 Å². The quantitative estimate of drug-likeness (QED) is 0.710. The number of carbonyl (C=O) groups excluding carboxylic acids is 1. The van der Waals surface area contributed by atoms with Crippen molar-refractivity contribution < 1.29 is 9.22 Å². The third-order valence-corrected chi connectivity index (χ3v) is 9.28. The Morgan fingerprint density at radius 2 is 1.72 bits per heavy atom. The number of hydrogen-bond acceptors (Lipinski definition) is 2. The van der Waals surface area contributed by atoms with Crippen molar-refractivity contribution in [3.63, 3.8) is 0 Å². The van der Waals surface area contributed by atoms with Crippen LogP contribution in [0.2, 0.25) is 18.1 Å². The summed E-state index contributed by atoms with van der Waals surface area (Å²) in [5.41, 5.74) is 0. The van der Waals surface area contributed by atoms with Crippen molar-refractivity contribution in [2.75, 3.05) is 0 Å². The maximum atomic E-state index is 11.6. The molecule has 1 rings (SSSR count). The van der Waals surface area contributed by atoms with Gasteiger partial charge < -0.3 is 4.43 Å². The lowest BCUT2D eigenvalue weighted by atomic mass is 9.79. The van der Waals surface area contributed by atoms with Gasteiger partial charge in [-0.3, -0.25) is 4.79 Å². The molecule has 3 unspecified atom stereocenters. The molecule has 0 N–H and O–H groups in total. The minimum Gasteiger partial charge on any atom is -0.414 e. The van der Waals surface area contributed by atoms with Gasteiger partial charge in [0.2, 0.25) is 0 Å². The van der Waals surface area contributed by atoms with E-state index in [0.29, 0.717) is 17.8 Å². The number of rotatable bonds is 3. The van der Waals surface area contributed by atoms with Crippen LogP contribution in [0.4, 0.5) is 0 Å². The number of hydrogen-bond donors (Lipinski definition) is 0. The summed E-state index contributed by atoms with van der Waals surface area (Å²) < 4.78 is 6.48. The number of Topliss-reactive ketones (excluding diaryl/α,β-unsaturated/α-hetero) is 1. The van der Waals surface area contributed by atoms with E-state index in [1.165, 1.54) is 0 Å². The Labute approximate surface area is 114 Å². The maximum absolute atomic E-state index is 11.6. The molecule has 0 radical (unpaired) electrons. The van der Waals surface area contributed by atoms with E-state index in [1.807, 2.05) is 0 Å². The van der Waals surface area contributed by atoms with Gasteiger partial charge >= 0.3 is 0 Å². The van der Waals surface area contributed by atoms with Gasteiger partial charge in [0.15, 0.2) is 8.32 Å². The van der Waals surface area contributed by atoms with Crippen LogP contribution in [0, 0.1) is 11.8 Å². The maximum Gasteiger partial charge on any atom is 0.192 e. The molecule has 3 atom stereocenters. The summed E-state index contributed by atoms with van der Waals surface area (Å²) in [6.45, 7) is 15.4. The average molecular weight is 270 g/mol. The van der Waals surface area contributed by atoms with Crippen molar-refractivity contribution in [3.05, 3.63) is 0 Å². The van der Waals surface area contributed by atoms with Crippen LogP contribution in [0.25, 0.3) is 0 Å². The minimum absolute atomic E-state index is 0.225. The zero-order valence-corrected chi connectivity index (χ0v) is 14.2. The molecule has 1 aliphatic rings. The Bertz CT molecular complexity index is 304. The Hall–Kier alpha value is -0.153. The van der Waals surface area contributed by atoms with Crippen LogP contribution >= 0.6 is 0 Å². The monoisotopic (exact) mass is 270 g/mol. The third-order valence-electron chi connectivity index (χ3n) is 4.74. The highest BCUT2D eigenvalue weighted by Crippen LogP contribution is 2.40. The van der Waals surface area contributed by atoms with Gasteiger partial charge in [0.05, 0.1) is 0 Å². The molecule has 0 saturated heterocycles. The molecule has 18 heavy (non-hydrogen) atoms. The predicted molar refractivity (Wildman–Crippen MR) is 79.3 cm³/mol. The van der Waals surface area contributed by atoms with E-state index in [9.17, 15) is 4.79 Å². The van der Waals surface area contributed by atoms with Gasteiger partial charge in [-0.15, -0.1) is 0 Å². The molecule has 0 amide bonds. The highest BCUT2D eigenvalue weighted by atomic mass is 28.4. The SMILES string of the molecule is CC(=O)C1CC(C)CC(O[Si](C)(C)C(C)(C)C)C1. The Kier molecular flexibility index (Phi) is 4.82. The normalized spacial score (nSPS) is 30.3. The molecule has 0 aliphatic heterocycles. The molecule has 0 spiro atoms. The van der Waals surface area contributed by atoms with Crippen LogP contribution in [-0.4, -0.2) is 20.2 Å². The van der Waals surface area contributed by atoms with E-state index < -0.39 is 8.32 Å². The van der Waals surface area contributed by atoms with Gasteiger partial charge in [0.25, 0.3) is 0 Å². The average Bonchev–Trinajstić information content (AvgIpc) is 2.13. The van der Waals surface area contributed by atoms with Gasteiger partial charge in [0.1, 0.15) is 5.78 Å². The largest absolute Gasteiger partial charge is 0.414 e. The van der Waals surface area contributed by atoms with Crippen molar-refractivity contribution in [1.29, 1.82) is 0 Å². The summed E-state index contributed by atoms with van der Waals surface area (Å²) in [5, 5.41) is 0.249. The molecule has 1 aliphatic carbocycles. The smallest absolute Gasteiger partial charge is 0.192 e. The Morgan fingerprint density at radius 1 is 1.17 bits per heavy atom. The summed E-state index contributed by atoms with van der Waals surface area (Å²) in [7, 11) is -1.70. The summed E-state index contributed by atoms with van der Waals surface area (Å²) >= 11 is 0. The van der Waals surface area contributed by atoms with Crippen LogP contribution in [0.15, 0.2) is 0 Å². The van der Waals surface area contributed by atoms with Crippen molar-refractivity contribution in [3.8, 4) is 0 Å². The molecule has 0 aromatic heterocycles. The van der Waals surface area contributed by atoms with Crippen LogP contribution in [0.1, 0.15) is 53.9 Å². The fraction of sp³-hybridized carbons (Fsp3) is 0.933. The van der Waals surface area contributed by atoms with Gasteiger partial charge in [0, 0.05) is 12.0 Å². The predicted octanol–water partition coefficient (Wildman–Crippen LogP) is 4.40. The van der Waals surface area contributed by atoms with Crippen molar-refractivity contribution in [2.45, 2.75) is 78.1 Å². The number of carbonyl (C=O) groups is 1. The zero-order chi connectivity index (χ0) is 14.1. The van der Waals surface area contributed by atoms with Gasteiger partial charge in [-0.25, -0.2) is 0 Å². The van der Waals surface area contributed by atoms with Crippen LogP contribution in [0.5, 0.6) is 0 Å². The molecule has 0 bridgehead atoms. The van der Waals surface area contributed by atoms with Crippen molar-refractivity contribution in [2.24, 2.45) is 11.8 Å². The molecule has 2 nitrogen and oxygen atoms in total. The second-order valence-corrected chi connectivity index (χ2v) is 12.4. The highest BCUT2D eigenvalue weighted by Gasteiger charge is 2.41. The van der Waals surface area contributed by atoms with Gasteiger partial charge in [-0.1, -0.05) is 27.7 Å². The lowest BCUT2D eigenvalue weighted by Gasteiger charge is -2.42. The second-order valence-electron chi connectivity index (χ2n) is 7.62. The Morgan fingerprint density at radius 3 is 2.17 bits per heavy atom. The van der Waals surface area contributed by atoms with E-state index in [1.54, 1.807) is 6.92 Å². The highest BCUT2D eigenvalue weighted by molar-refractivity contribution is 6.74. The van der Waals surface area contributed by atoms with E-state index in [2.05, 4.69) is 40.8 Å². The van der Waals surface area contributed by atoms with E-state index in [-0.39, 0.29) is 11.0 Å². The summed E-state index contributed by atoms with van der Waals surface area (Å²) in [5.74, 6) is 1.18.